The Kier molecular flexibility index (Phi) is 10.4. The van der Waals surface area contributed by atoms with Gasteiger partial charge in [0, 0.05) is 74.1 Å². The summed E-state index contributed by atoms with van der Waals surface area (Å²) in [4.78, 5) is 45.0. The number of amides is 4. The summed E-state index contributed by atoms with van der Waals surface area (Å²) in [5.41, 5.74) is 5.15. The number of nitrogens with zero attached hydrogens (tertiary/aromatic N) is 4. The Labute approximate surface area is 252 Å². The number of ether oxygens (including phenoxy) is 1. The third-order valence-electron chi connectivity index (χ3n) is 7.85. The van der Waals surface area contributed by atoms with Crippen LogP contribution in [0.3, 0.4) is 0 Å². The second-order valence-electron chi connectivity index (χ2n) is 10.7. The molecule has 43 heavy (non-hydrogen) atoms. The van der Waals surface area contributed by atoms with Gasteiger partial charge in [-0.1, -0.05) is 18.2 Å². The molecule has 0 atom stereocenters. The fourth-order valence-corrected chi connectivity index (χ4v) is 6.09. The molecule has 0 saturated carbocycles. The van der Waals surface area contributed by atoms with Crippen LogP contribution in [0.4, 0.5) is 23.7 Å². The Bertz CT molecular complexity index is 1290. The van der Waals surface area contributed by atoms with Gasteiger partial charge in [0.05, 0.1) is 25.8 Å². The second-order valence-corrected chi connectivity index (χ2v) is 11.9. The second kappa shape index (κ2) is 14.4. The number of benzene rings is 2. The van der Waals surface area contributed by atoms with Crippen LogP contribution in [0.5, 0.6) is 0 Å². The van der Waals surface area contributed by atoms with Gasteiger partial charge in [-0.15, -0.1) is 0 Å². The number of hydrazine groups is 1. The maximum Gasteiger partial charge on any atom is 0.324 e. The third-order valence-corrected chi connectivity index (χ3v) is 8.79. The van der Waals surface area contributed by atoms with E-state index in [2.05, 4.69) is 9.80 Å². The lowest BCUT2D eigenvalue weighted by Crippen LogP contribution is -2.56. The minimum absolute atomic E-state index is 0.0789. The van der Waals surface area contributed by atoms with E-state index in [1.165, 1.54) is 17.0 Å². The standard InChI is InChI=1S/C29H35F3N6O4S/c30-25-15-21(27(39)33-34-28(40)26(31)32)3-4-22(25)17-38(29(41)37-11-13-43-14-12-37)23-5-1-20(2-6-23)16-35-7-9-36(10-8-35)24-18-42-19-24/h1-6,15,24,26H,7-14,16-19H2,(H,33,39)(H,34,40). The van der Waals surface area contributed by atoms with Gasteiger partial charge in [-0.2, -0.15) is 20.5 Å². The molecule has 232 valence electrons. The van der Waals surface area contributed by atoms with Crippen molar-refractivity contribution in [3.63, 3.8) is 0 Å². The number of anilines is 1. The first-order valence-corrected chi connectivity index (χ1v) is 15.4. The Morgan fingerprint density at radius 3 is 2.26 bits per heavy atom. The van der Waals surface area contributed by atoms with Crippen LogP contribution in [0.2, 0.25) is 0 Å². The molecule has 0 radical (unpaired) electrons. The topological polar surface area (TPSA) is 97.5 Å². The van der Waals surface area contributed by atoms with E-state index in [4.69, 9.17) is 4.74 Å². The average molecular weight is 621 g/mol. The largest absolute Gasteiger partial charge is 0.378 e. The van der Waals surface area contributed by atoms with Gasteiger partial charge in [0.1, 0.15) is 5.82 Å². The molecule has 0 spiro atoms. The minimum atomic E-state index is -3.31. The van der Waals surface area contributed by atoms with Crippen LogP contribution in [-0.4, -0.2) is 109 Å². The number of hydrogen-bond acceptors (Lipinski definition) is 7. The number of rotatable bonds is 8. The van der Waals surface area contributed by atoms with Crippen LogP contribution in [0.1, 0.15) is 21.5 Å². The summed E-state index contributed by atoms with van der Waals surface area (Å²) in [7, 11) is 0. The van der Waals surface area contributed by atoms with E-state index in [1.807, 2.05) is 29.7 Å². The Balaban J connectivity index is 1.26. The quantitative estimate of drug-likeness (QED) is 0.438. The van der Waals surface area contributed by atoms with Gasteiger partial charge in [-0.3, -0.25) is 35.1 Å². The monoisotopic (exact) mass is 620 g/mol. The molecule has 0 bridgehead atoms. The molecule has 4 amide bonds. The zero-order valence-electron chi connectivity index (χ0n) is 23.6. The smallest absolute Gasteiger partial charge is 0.324 e. The highest BCUT2D eigenvalue weighted by atomic mass is 32.2. The molecular formula is C29H35F3N6O4S. The van der Waals surface area contributed by atoms with Crippen molar-refractivity contribution in [3.05, 3.63) is 65.0 Å². The van der Waals surface area contributed by atoms with Crippen molar-refractivity contribution < 1.29 is 32.3 Å². The van der Waals surface area contributed by atoms with Crippen molar-refractivity contribution in [2.75, 3.05) is 68.9 Å². The van der Waals surface area contributed by atoms with E-state index in [9.17, 15) is 23.2 Å². The van der Waals surface area contributed by atoms with Crippen LogP contribution < -0.4 is 15.8 Å². The fraction of sp³-hybridized carbons (Fsp3) is 0.483. The van der Waals surface area contributed by atoms with E-state index >= 15 is 4.39 Å². The molecule has 0 aromatic heterocycles. The van der Waals surface area contributed by atoms with Crippen molar-refractivity contribution in [2.45, 2.75) is 25.6 Å². The summed E-state index contributed by atoms with van der Waals surface area (Å²) >= 11 is 1.77. The molecule has 3 saturated heterocycles. The van der Waals surface area contributed by atoms with Gasteiger partial charge in [0.25, 0.3) is 5.91 Å². The number of hydrogen-bond donors (Lipinski definition) is 2. The van der Waals surface area contributed by atoms with Gasteiger partial charge in [0.15, 0.2) is 0 Å². The highest BCUT2D eigenvalue weighted by molar-refractivity contribution is 7.99. The first-order chi connectivity index (χ1) is 20.8. The molecule has 3 heterocycles. The number of piperazine rings is 1. The van der Waals surface area contributed by atoms with E-state index in [0.717, 1.165) is 69.1 Å². The number of urea groups is 1. The van der Waals surface area contributed by atoms with Crippen molar-refractivity contribution in [2.24, 2.45) is 0 Å². The predicted octanol–water partition coefficient (Wildman–Crippen LogP) is 2.54. The van der Waals surface area contributed by atoms with Crippen LogP contribution in [0, 0.1) is 5.82 Å². The highest BCUT2D eigenvalue weighted by Gasteiger charge is 2.29. The van der Waals surface area contributed by atoms with Crippen LogP contribution in [-0.2, 0) is 22.6 Å². The normalized spacial score (nSPS) is 18.3. The number of halogens is 3. The molecule has 3 aliphatic heterocycles. The van der Waals surface area contributed by atoms with Crippen LogP contribution in [0.15, 0.2) is 42.5 Å². The first-order valence-electron chi connectivity index (χ1n) is 14.2. The van der Waals surface area contributed by atoms with Gasteiger partial charge in [-0.25, -0.2) is 9.18 Å². The first kappa shape index (κ1) is 31.1. The maximum atomic E-state index is 15.2. The van der Waals surface area contributed by atoms with Gasteiger partial charge in [-0.05, 0) is 29.8 Å². The number of carbonyl (C=O) groups excluding carboxylic acids is 3. The summed E-state index contributed by atoms with van der Waals surface area (Å²) in [5.74, 6) is -1.74. The van der Waals surface area contributed by atoms with E-state index in [0.29, 0.717) is 24.8 Å². The molecule has 10 nitrogen and oxygen atoms in total. The third kappa shape index (κ3) is 7.99. The molecule has 14 heteroatoms. The fourth-order valence-electron chi connectivity index (χ4n) is 5.19. The van der Waals surface area contributed by atoms with E-state index in [-0.39, 0.29) is 23.7 Å². The molecule has 2 N–H and O–H groups in total. The Morgan fingerprint density at radius 1 is 0.953 bits per heavy atom. The number of carbonyl (C=O) groups is 3. The molecule has 3 aliphatic rings. The predicted molar refractivity (Wildman–Crippen MR) is 156 cm³/mol. The summed E-state index contributed by atoms with van der Waals surface area (Å²) in [5, 5.41) is 0. The van der Waals surface area contributed by atoms with Crippen molar-refractivity contribution in [3.8, 4) is 0 Å². The summed E-state index contributed by atoms with van der Waals surface area (Å²) in [6.45, 7) is 7.50. The zero-order valence-corrected chi connectivity index (χ0v) is 24.5. The number of alkyl halides is 2. The lowest BCUT2D eigenvalue weighted by atomic mass is 10.1. The van der Waals surface area contributed by atoms with Crippen molar-refractivity contribution in [1.82, 2.24) is 25.6 Å². The van der Waals surface area contributed by atoms with E-state index in [1.54, 1.807) is 22.1 Å². The molecule has 5 rings (SSSR count). The van der Waals surface area contributed by atoms with Crippen LogP contribution in [0.25, 0.3) is 0 Å². The maximum absolute atomic E-state index is 15.2. The Morgan fingerprint density at radius 2 is 1.65 bits per heavy atom. The zero-order chi connectivity index (χ0) is 30.3. The summed E-state index contributed by atoms with van der Waals surface area (Å²) in [6, 6.07) is 11.7. The van der Waals surface area contributed by atoms with Gasteiger partial charge in [0.2, 0.25) is 0 Å². The average Bonchev–Trinajstić information content (AvgIpc) is 2.99. The molecule has 2 aromatic rings. The van der Waals surface area contributed by atoms with E-state index < -0.39 is 24.1 Å². The van der Waals surface area contributed by atoms with Gasteiger partial charge < -0.3 is 9.64 Å². The Hall–Kier alpha value is -3.33. The molecule has 0 unspecified atom stereocenters. The van der Waals surface area contributed by atoms with Crippen LogP contribution >= 0.6 is 11.8 Å². The molecule has 0 aliphatic carbocycles. The molecular weight excluding hydrogens is 585 g/mol. The lowest BCUT2D eigenvalue weighted by molar-refractivity contribution is -0.132. The summed E-state index contributed by atoms with van der Waals surface area (Å²) in [6.07, 6.45) is -3.31. The highest BCUT2D eigenvalue weighted by Crippen LogP contribution is 2.24. The van der Waals surface area contributed by atoms with Crippen molar-refractivity contribution >= 4 is 35.3 Å². The SMILES string of the molecule is O=C(NNC(=O)C(F)F)c1ccc(CN(C(=O)N2CCSCC2)c2ccc(CN3CCN(C4COC4)CC3)cc2)c(F)c1. The summed E-state index contributed by atoms with van der Waals surface area (Å²) < 4.78 is 45.2. The number of nitrogens with one attached hydrogen (secondary N) is 2. The molecule has 2 aromatic carbocycles. The molecule has 3 fully saturated rings. The van der Waals surface area contributed by atoms with Crippen molar-refractivity contribution in [1.29, 1.82) is 0 Å². The number of thioether (sulfide) groups is 1. The minimum Gasteiger partial charge on any atom is -0.378 e. The van der Waals surface area contributed by atoms with Gasteiger partial charge >= 0.3 is 18.4 Å². The lowest BCUT2D eigenvalue weighted by Gasteiger charge is -2.42.